The predicted molar refractivity (Wildman–Crippen MR) is 74.4 cm³/mol. The van der Waals surface area contributed by atoms with Crippen molar-refractivity contribution in [2.75, 3.05) is 26.9 Å². The SMILES string of the molecule is C/C=C(\C=C/COC/C=C/C#CCCO)C(=O)OC. The monoisotopic (exact) mass is 264 g/mol. The van der Waals surface area contributed by atoms with E-state index in [4.69, 9.17) is 9.84 Å². The largest absolute Gasteiger partial charge is 0.465 e. The average Bonchev–Trinajstić information content (AvgIpc) is 2.44. The van der Waals surface area contributed by atoms with Gasteiger partial charge in [-0.2, -0.15) is 0 Å². The third-order valence-electron chi connectivity index (χ3n) is 2.00. The first-order valence-corrected chi connectivity index (χ1v) is 5.99. The molecule has 0 heterocycles. The van der Waals surface area contributed by atoms with E-state index in [9.17, 15) is 4.79 Å². The minimum absolute atomic E-state index is 0.0790. The third-order valence-corrected chi connectivity index (χ3v) is 2.00. The summed E-state index contributed by atoms with van der Waals surface area (Å²) in [5, 5.41) is 8.49. The molecule has 0 atom stereocenters. The summed E-state index contributed by atoms with van der Waals surface area (Å²) in [4.78, 5) is 11.2. The summed E-state index contributed by atoms with van der Waals surface area (Å²) < 4.78 is 9.88. The molecule has 0 spiro atoms. The van der Waals surface area contributed by atoms with E-state index < -0.39 is 0 Å². The lowest BCUT2D eigenvalue weighted by atomic mass is 10.2. The topological polar surface area (TPSA) is 55.8 Å². The van der Waals surface area contributed by atoms with Gasteiger partial charge in [-0.1, -0.05) is 30.1 Å². The van der Waals surface area contributed by atoms with Gasteiger partial charge in [-0.25, -0.2) is 4.79 Å². The molecule has 19 heavy (non-hydrogen) atoms. The first kappa shape index (κ1) is 17.2. The van der Waals surface area contributed by atoms with Crippen LogP contribution in [0.1, 0.15) is 13.3 Å². The molecule has 0 bridgehead atoms. The molecule has 0 radical (unpaired) electrons. The number of hydrogen-bond acceptors (Lipinski definition) is 4. The molecule has 0 aliphatic rings. The van der Waals surface area contributed by atoms with E-state index in [-0.39, 0.29) is 12.6 Å². The van der Waals surface area contributed by atoms with Gasteiger partial charge in [0.15, 0.2) is 0 Å². The van der Waals surface area contributed by atoms with Crippen LogP contribution in [0, 0.1) is 11.8 Å². The van der Waals surface area contributed by atoms with Gasteiger partial charge >= 0.3 is 5.97 Å². The standard InChI is InChI=1S/C15H20O4/c1-3-14(15(17)18-2)10-9-13-19-12-8-6-4-5-7-11-16/h3,6,8-10,16H,7,11-13H2,1-2H3/b8-6+,10-9-,14-3+. The summed E-state index contributed by atoms with van der Waals surface area (Å²) in [6.45, 7) is 2.70. The van der Waals surface area contributed by atoms with Gasteiger partial charge in [-0.3, -0.25) is 0 Å². The third kappa shape index (κ3) is 9.83. The van der Waals surface area contributed by atoms with Gasteiger partial charge in [-0.15, -0.1) is 0 Å². The molecule has 0 aliphatic heterocycles. The fourth-order valence-corrected chi connectivity index (χ4v) is 1.07. The molecule has 0 saturated heterocycles. The number of allylic oxidation sites excluding steroid dienone is 2. The number of hydrogen-bond donors (Lipinski definition) is 1. The number of aliphatic hydroxyl groups excluding tert-OH is 1. The maximum absolute atomic E-state index is 11.2. The van der Waals surface area contributed by atoms with Crippen molar-refractivity contribution in [2.24, 2.45) is 0 Å². The molecule has 0 aromatic carbocycles. The van der Waals surface area contributed by atoms with Crippen molar-refractivity contribution in [1.82, 2.24) is 0 Å². The van der Waals surface area contributed by atoms with Crippen LogP contribution in [-0.4, -0.2) is 38.0 Å². The molecule has 0 aliphatic carbocycles. The predicted octanol–water partition coefficient (Wildman–Crippen LogP) is 1.62. The van der Waals surface area contributed by atoms with Crippen LogP contribution >= 0.6 is 0 Å². The number of methoxy groups -OCH3 is 1. The maximum Gasteiger partial charge on any atom is 0.337 e. The lowest BCUT2D eigenvalue weighted by Crippen LogP contribution is -2.02. The van der Waals surface area contributed by atoms with Gasteiger partial charge in [0.05, 0.1) is 32.5 Å². The Labute approximate surface area is 114 Å². The first-order valence-electron chi connectivity index (χ1n) is 5.99. The number of ether oxygens (including phenoxy) is 2. The van der Waals surface area contributed by atoms with Crippen LogP contribution < -0.4 is 0 Å². The zero-order valence-electron chi connectivity index (χ0n) is 11.4. The molecule has 1 N–H and O–H groups in total. The zero-order valence-corrected chi connectivity index (χ0v) is 11.4. The van der Waals surface area contributed by atoms with Crippen molar-refractivity contribution in [1.29, 1.82) is 0 Å². The molecule has 0 aromatic rings. The molecule has 104 valence electrons. The summed E-state index contributed by atoms with van der Waals surface area (Å²) in [5.74, 6) is 5.17. The van der Waals surface area contributed by atoms with Crippen LogP contribution in [0.3, 0.4) is 0 Å². The lowest BCUT2D eigenvalue weighted by molar-refractivity contribution is -0.135. The van der Waals surface area contributed by atoms with E-state index in [1.165, 1.54) is 7.11 Å². The lowest BCUT2D eigenvalue weighted by Gasteiger charge is -1.98. The Bertz CT molecular complexity index is 394. The van der Waals surface area contributed by atoms with Crippen molar-refractivity contribution in [3.63, 3.8) is 0 Å². The van der Waals surface area contributed by atoms with E-state index in [1.807, 2.05) is 0 Å². The number of aliphatic hydroxyl groups is 1. The van der Waals surface area contributed by atoms with Gasteiger partial charge in [0, 0.05) is 6.42 Å². The van der Waals surface area contributed by atoms with Gasteiger partial charge in [0.25, 0.3) is 0 Å². The van der Waals surface area contributed by atoms with E-state index >= 15 is 0 Å². The Morgan fingerprint density at radius 2 is 2.05 bits per heavy atom. The fraction of sp³-hybridized carbons (Fsp3) is 0.400. The minimum Gasteiger partial charge on any atom is -0.465 e. The van der Waals surface area contributed by atoms with E-state index in [1.54, 1.807) is 37.3 Å². The molecule has 4 nitrogen and oxygen atoms in total. The Morgan fingerprint density at radius 3 is 2.68 bits per heavy atom. The van der Waals surface area contributed by atoms with Crippen LogP contribution in [0.25, 0.3) is 0 Å². The second-order valence-electron chi connectivity index (χ2n) is 3.37. The molecular weight excluding hydrogens is 244 g/mol. The van der Waals surface area contributed by atoms with Crippen molar-refractivity contribution in [3.8, 4) is 11.8 Å². The summed E-state index contributed by atoms with van der Waals surface area (Å²) in [7, 11) is 1.35. The van der Waals surface area contributed by atoms with E-state index in [0.717, 1.165) is 0 Å². The van der Waals surface area contributed by atoms with Gasteiger partial charge in [-0.05, 0) is 19.1 Å². The minimum atomic E-state index is -0.363. The molecule has 0 amide bonds. The van der Waals surface area contributed by atoms with Gasteiger partial charge in [0.2, 0.25) is 0 Å². The molecule has 0 fully saturated rings. The molecule has 0 saturated carbocycles. The summed E-state index contributed by atoms with van der Waals surface area (Å²) in [6, 6.07) is 0. The molecular formula is C15H20O4. The number of esters is 1. The second-order valence-corrected chi connectivity index (χ2v) is 3.37. The highest BCUT2D eigenvalue weighted by atomic mass is 16.5. The first-order chi connectivity index (χ1) is 9.26. The van der Waals surface area contributed by atoms with Crippen LogP contribution in [0.2, 0.25) is 0 Å². The van der Waals surface area contributed by atoms with Crippen molar-refractivity contribution in [2.45, 2.75) is 13.3 Å². The quantitative estimate of drug-likeness (QED) is 0.250. The fourth-order valence-electron chi connectivity index (χ4n) is 1.07. The smallest absolute Gasteiger partial charge is 0.337 e. The van der Waals surface area contributed by atoms with Gasteiger partial charge in [0.1, 0.15) is 0 Å². The highest BCUT2D eigenvalue weighted by Gasteiger charge is 2.02. The Balaban J connectivity index is 3.81. The normalized spacial score (nSPS) is 11.6. The highest BCUT2D eigenvalue weighted by Crippen LogP contribution is 1.99. The Morgan fingerprint density at radius 1 is 1.32 bits per heavy atom. The van der Waals surface area contributed by atoms with Crippen LogP contribution in [0.5, 0.6) is 0 Å². The molecule has 0 unspecified atom stereocenters. The molecule has 0 rings (SSSR count). The summed E-state index contributed by atoms with van der Waals surface area (Å²) >= 11 is 0. The summed E-state index contributed by atoms with van der Waals surface area (Å²) in [5.41, 5.74) is 0.497. The zero-order chi connectivity index (χ0) is 14.3. The van der Waals surface area contributed by atoms with Crippen molar-refractivity contribution < 1.29 is 19.4 Å². The van der Waals surface area contributed by atoms with Crippen molar-refractivity contribution >= 4 is 5.97 Å². The van der Waals surface area contributed by atoms with Gasteiger partial charge < -0.3 is 14.6 Å². The van der Waals surface area contributed by atoms with E-state index in [0.29, 0.717) is 25.2 Å². The number of carbonyl (C=O) groups excluding carboxylic acids is 1. The van der Waals surface area contributed by atoms with Crippen LogP contribution in [0.4, 0.5) is 0 Å². The van der Waals surface area contributed by atoms with Crippen LogP contribution in [0.15, 0.2) is 36.0 Å². The van der Waals surface area contributed by atoms with Crippen LogP contribution in [-0.2, 0) is 14.3 Å². The summed E-state index contributed by atoms with van der Waals surface area (Å²) in [6.07, 6.45) is 9.04. The Hall–Kier alpha value is -1.83. The Kier molecular flexibility index (Phi) is 11.4. The molecule has 0 aromatic heterocycles. The van der Waals surface area contributed by atoms with Crippen molar-refractivity contribution in [3.05, 3.63) is 36.0 Å². The number of carbonyl (C=O) groups is 1. The molecule has 4 heteroatoms. The maximum atomic E-state index is 11.2. The number of rotatable bonds is 7. The highest BCUT2D eigenvalue weighted by molar-refractivity contribution is 5.91. The second kappa shape index (κ2) is 12.6. The average molecular weight is 264 g/mol. The van der Waals surface area contributed by atoms with E-state index in [2.05, 4.69) is 16.6 Å².